The Morgan fingerprint density at radius 1 is 1.03 bits per heavy atom. The first kappa shape index (κ1) is 20.6. The predicted molar refractivity (Wildman–Crippen MR) is 123 cm³/mol. The highest BCUT2D eigenvalue weighted by atomic mass is 16.6. The molecule has 3 aromatic carbocycles. The Morgan fingerprint density at radius 2 is 1.74 bits per heavy atom. The van der Waals surface area contributed by atoms with Crippen LogP contribution in [0.3, 0.4) is 0 Å². The fourth-order valence-electron chi connectivity index (χ4n) is 4.34. The number of hydrogen-bond donors (Lipinski definition) is 1. The molecule has 0 spiro atoms. The van der Waals surface area contributed by atoms with Crippen LogP contribution in [0.2, 0.25) is 0 Å². The Labute approximate surface area is 181 Å². The molecule has 0 saturated carbocycles. The van der Waals surface area contributed by atoms with Crippen LogP contribution in [0.25, 0.3) is 0 Å². The lowest BCUT2D eigenvalue weighted by Gasteiger charge is -2.41. The van der Waals surface area contributed by atoms with Gasteiger partial charge in [-0.2, -0.15) is 0 Å². The van der Waals surface area contributed by atoms with Crippen molar-refractivity contribution < 1.29 is 9.72 Å². The van der Waals surface area contributed by atoms with Gasteiger partial charge < -0.3 is 10.2 Å². The molecule has 0 bridgehead atoms. The molecule has 4 rings (SSSR count). The minimum atomic E-state index is -0.474. The first-order valence-electron chi connectivity index (χ1n) is 10.4. The quantitative estimate of drug-likeness (QED) is 0.431. The first-order chi connectivity index (χ1) is 14.9. The van der Waals surface area contributed by atoms with Crippen LogP contribution in [-0.4, -0.2) is 16.9 Å². The van der Waals surface area contributed by atoms with E-state index in [2.05, 4.69) is 30.4 Å². The van der Waals surface area contributed by atoms with E-state index < -0.39 is 4.92 Å². The molecule has 2 atom stereocenters. The highest BCUT2D eigenvalue weighted by Crippen LogP contribution is 2.42. The van der Waals surface area contributed by atoms with E-state index in [1.807, 2.05) is 38.1 Å². The number of rotatable bonds is 4. The van der Waals surface area contributed by atoms with Gasteiger partial charge in [0.1, 0.15) is 0 Å². The van der Waals surface area contributed by atoms with Crippen molar-refractivity contribution in [2.45, 2.75) is 39.3 Å². The lowest BCUT2D eigenvalue weighted by atomic mass is 9.88. The molecule has 31 heavy (non-hydrogen) atoms. The number of anilines is 2. The molecule has 3 aromatic rings. The number of non-ortho nitro benzene ring substituents is 1. The fourth-order valence-corrected chi connectivity index (χ4v) is 4.34. The van der Waals surface area contributed by atoms with Gasteiger partial charge >= 0.3 is 0 Å². The van der Waals surface area contributed by atoms with Gasteiger partial charge in [0.15, 0.2) is 0 Å². The number of nitro benzene ring substituents is 1. The predicted octanol–water partition coefficient (Wildman–Crippen LogP) is 5.80. The summed E-state index contributed by atoms with van der Waals surface area (Å²) in [6, 6.07) is 20.1. The molecule has 0 fully saturated rings. The zero-order valence-corrected chi connectivity index (χ0v) is 17.8. The average Bonchev–Trinajstić information content (AvgIpc) is 2.75. The summed E-state index contributed by atoms with van der Waals surface area (Å²) in [7, 11) is 0. The minimum Gasteiger partial charge on any atom is -0.378 e. The van der Waals surface area contributed by atoms with Crippen molar-refractivity contribution in [3.8, 4) is 0 Å². The summed E-state index contributed by atoms with van der Waals surface area (Å²) in [5.41, 5.74) is 5.41. The highest BCUT2D eigenvalue weighted by Gasteiger charge is 2.35. The number of aryl methyl sites for hydroxylation is 2. The van der Waals surface area contributed by atoms with Gasteiger partial charge in [0.25, 0.3) is 11.6 Å². The standard InChI is InChI=1S/C25H25N3O3/c1-16-8-4-5-13-22(16)26-23-14-18(3)27(24-17(2)9-6-12-21(23)24)25(29)19-10-7-11-20(15-19)28(30)31/h4-13,15,18,23,26H,14H2,1-3H3. The van der Waals surface area contributed by atoms with Crippen molar-refractivity contribution in [2.24, 2.45) is 0 Å². The molecule has 1 heterocycles. The Morgan fingerprint density at radius 3 is 2.48 bits per heavy atom. The largest absolute Gasteiger partial charge is 0.378 e. The normalized spacial score (nSPS) is 17.7. The number of nitrogens with one attached hydrogen (secondary N) is 1. The smallest absolute Gasteiger partial charge is 0.270 e. The molecule has 1 aliphatic heterocycles. The van der Waals surface area contributed by atoms with Gasteiger partial charge in [-0.1, -0.05) is 42.5 Å². The third-order valence-corrected chi connectivity index (χ3v) is 5.90. The summed E-state index contributed by atoms with van der Waals surface area (Å²) in [5, 5.41) is 14.8. The van der Waals surface area contributed by atoms with Crippen LogP contribution in [0.1, 0.15) is 46.4 Å². The Balaban J connectivity index is 1.75. The summed E-state index contributed by atoms with van der Waals surface area (Å²) < 4.78 is 0. The zero-order valence-electron chi connectivity index (χ0n) is 17.8. The molecule has 2 unspecified atom stereocenters. The second-order valence-corrected chi connectivity index (χ2v) is 8.09. The van der Waals surface area contributed by atoms with Crippen molar-refractivity contribution in [2.75, 3.05) is 10.2 Å². The number of carbonyl (C=O) groups excluding carboxylic acids is 1. The molecular formula is C25H25N3O3. The first-order valence-corrected chi connectivity index (χ1v) is 10.4. The molecule has 158 valence electrons. The SMILES string of the molecule is Cc1ccccc1NC1CC(C)N(C(=O)c2cccc([N+](=O)[O-])c2)c2c(C)cccc21. The second-order valence-electron chi connectivity index (χ2n) is 8.09. The zero-order chi connectivity index (χ0) is 22.1. The summed E-state index contributed by atoms with van der Waals surface area (Å²) >= 11 is 0. The average molecular weight is 415 g/mol. The van der Waals surface area contributed by atoms with E-state index in [-0.39, 0.29) is 23.7 Å². The lowest BCUT2D eigenvalue weighted by Crippen LogP contribution is -2.44. The summed E-state index contributed by atoms with van der Waals surface area (Å²) in [6.45, 7) is 6.09. The van der Waals surface area contributed by atoms with E-state index in [0.717, 1.165) is 28.9 Å². The summed E-state index contributed by atoms with van der Waals surface area (Å²) in [5.74, 6) is -0.221. The van der Waals surface area contributed by atoms with Gasteiger partial charge in [0, 0.05) is 29.4 Å². The van der Waals surface area contributed by atoms with Crippen molar-refractivity contribution in [1.29, 1.82) is 0 Å². The van der Waals surface area contributed by atoms with Gasteiger partial charge in [-0.3, -0.25) is 14.9 Å². The van der Waals surface area contributed by atoms with Gasteiger partial charge in [-0.05, 0) is 56.0 Å². The molecular weight excluding hydrogens is 390 g/mol. The summed E-state index contributed by atoms with van der Waals surface area (Å²) in [4.78, 5) is 26.0. The third-order valence-electron chi connectivity index (χ3n) is 5.90. The van der Waals surface area contributed by atoms with Crippen LogP contribution in [0.4, 0.5) is 17.1 Å². The monoisotopic (exact) mass is 415 g/mol. The number of amides is 1. The lowest BCUT2D eigenvalue weighted by molar-refractivity contribution is -0.384. The summed E-state index contributed by atoms with van der Waals surface area (Å²) in [6.07, 6.45) is 0.728. The fraction of sp³-hybridized carbons (Fsp3) is 0.240. The maximum Gasteiger partial charge on any atom is 0.270 e. The minimum absolute atomic E-state index is 0.0557. The number of benzene rings is 3. The van der Waals surface area contributed by atoms with Crippen LogP contribution in [0.5, 0.6) is 0 Å². The molecule has 1 aliphatic rings. The Hall–Kier alpha value is -3.67. The van der Waals surface area contributed by atoms with Gasteiger partial charge in [0.05, 0.1) is 16.7 Å². The molecule has 1 N–H and O–H groups in total. The van der Waals surface area contributed by atoms with Gasteiger partial charge in [-0.25, -0.2) is 0 Å². The number of carbonyl (C=O) groups is 1. The van der Waals surface area contributed by atoms with E-state index in [4.69, 9.17) is 0 Å². The molecule has 6 nitrogen and oxygen atoms in total. The Bertz CT molecular complexity index is 1160. The van der Waals surface area contributed by atoms with Crippen LogP contribution in [0, 0.1) is 24.0 Å². The number of nitrogens with zero attached hydrogens (tertiary/aromatic N) is 2. The molecule has 0 radical (unpaired) electrons. The van der Waals surface area contributed by atoms with Crippen molar-refractivity contribution in [3.05, 3.63) is 99.1 Å². The third kappa shape index (κ3) is 3.89. The number of hydrogen-bond acceptors (Lipinski definition) is 4. The van der Waals surface area contributed by atoms with Crippen LogP contribution >= 0.6 is 0 Å². The van der Waals surface area contributed by atoms with E-state index >= 15 is 0 Å². The van der Waals surface area contributed by atoms with Crippen LogP contribution in [0.15, 0.2) is 66.7 Å². The topological polar surface area (TPSA) is 75.5 Å². The van der Waals surface area contributed by atoms with Crippen molar-refractivity contribution >= 4 is 23.0 Å². The van der Waals surface area contributed by atoms with Gasteiger partial charge in [0.2, 0.25) is 0 Å². The maximum absolute atomic E-state index is 13.5. The number of fused-ring (bicyclic) bond motifs is 1. The molecule has 1 amide bonds. The molecule has 0 aromatic heterocycles. The number of nitro groups is 1. The van der Waals surface area contributed by atoms with E-state index in [9.17, 15) is 14.9 Å². The van der Waals surface area contributed by atoms with Crippen molar-refractivity contribution in [3.63, 3.8) is 0 Å². The Kier molecular flexibility index (Phi) is 5.46. The number of para-hydroxylation sites is 2. The molecule has 0 saturated heterocycles. The maximum atomic E-state index is 13.5. The highest BCUT2D eigenvalue weighted by molar-refractivity contribution is 6.08. The van der Waals surface area contributed by atoms with E-state index in [0.29, 0.717) is 5.56 Å². The second kappa shape index (κ2) is 8.22. The molecule has 0 aliphatic carbocycles. The van der Waals surface area contributed by atoms with Crippen LogP contribution < -0.4 is 10.2 Å². The van der Waals surface area contributed by atoms with Crippen LogP contribution in [-0.2, 0) is 0 Å². The van der Waals surface area contributed by atoms with E-state index in [1.165, 1.54) is 17.7 Å². The molecule has 6 heteroatoms. The van der Waals surface area contributed by atoms with Crippen molar-refractivity contribution in [1.82, 2.24) is 0 Å². The van der Waals surface area contributed by atoms with E-state index in [1.54, 1.807) is 17.0 Å². The van der Waals surface area contributed by atoms with Gasteiger partial charge in [-0.15, -0.1) is 0 Å².